The lowest BCUT2D eigenvalue weighted by Crippen LogP contribution is -2.18. The molecule has 0 saturated heterocycles. The molecule has 3 N–H and O–H groups in total. The van der Waals surface area contributed by atoms with Crippen molar-refractivity contribution in [2.24, 2.45) is 5.73 Å². The fraction of sp³-hybridized carbons (Fsp3) is 0.333. The maximum atomic E-state index is 12.5. The number of carbonyl (C=O) groups excluding carboxylic acids is 2. The van der Waals surface area contributed by atoms with Gasteiger partial charge in [-0.05, 0) is 55.5 Å². The second-order valence-corrected chi connectivity index (χ2v) is 9.50. The first kappa shape index (κ1) is 18.6. The van der Waals surface area contributed by atoms with Crippen molar-refractivity contribution in [2.45, 2.75) is 37.0 Å². The van der Waals surface area contributed by atoms with Crippen molar-refractivity contribution in [2.75, 3.05) is 11.6 Å². The van der Waals surface area contributed by atoms with Gasteiger partial charge in [-0.3, -0.25) is 9.59 Å². The predicted molar refractivity (Wildman–Crippen MR) is 102 cm³/mol. The van der Waals surface area contributed by atoms with E-state index in [0.29, 0.717) is 16.1 Å². The number of anilines is 1. The molecule has 0 unspecified atom stereocenters. The maximum absolute atomic E-state index is 12.5. The second-order valence-electron chi connectivity index (χ2n) is 6.38. The van der Waals surface area contributed by atoms with Crippen LogP contribution in [-0.2, 0) is 22.7 Å². The minimum absolute atomic E-state index is 0.148. The van der Waals surface area contributed by atoms with Gasteiger partial charge in [-0.15, -0.1) is 11.3 Å². The maximum Gasteiger partial charge on any atom is 0.256 e. The van der Waals surface area contributed by atoms with E-state index in [9.17, 15) is 18.0 Å². The van der Waals surface area contributed by atoms with Crippen LogP contribution in [0.15, 0.2) is 29.2 Å². The van der Waals surface area contributed by atoms with E-state index < -0.39 is 21.7 Å². The molecule has 1 aromatic heterocycles. The van der Waals surface area contributed by atoms with E-state index in [4.69, 9.17) is 5.73 Å². The molecule has 0 saturated carbocycles. The number of nitrogens with one attached hydrogen (secondary N) is 1. The first-order valence-corrected chi connectivity index (χ1v) is 11.0. The molecular weight excluding hydrogens is 372 g/mol. The number of hydrogen-bond acceptors (Lipinski definition) is 5. The molecule has 0 atom stereocenters. The van der Waals surface area contributed by atoms with Gasteiger partial charge in [0, 0.05) is 16.7 Å². The second kappa shape index (κ2) is 7.20. The average Bonchev–Trinajstić information content (AvgIpc) is 2.75. The number of benzene rings is 1. The van der Waals surface area contributed by atoms with Crippen molar-refractivity contribution in [1.29, 1.82) is 0 Å². The van der Waals surface area contributed by atoms with Gasteiger partial charge in [0.15, 0.2) is 9.84 Å². The molecule has 6 nitrogen and oxygen atoms in total. The van der Waals surface area contributed by atoms with Crippen molar-refractivity contribution in [3.8, 4) is 0 Å². The molecule has 0 radical (unpaired) electrons. The summed E-state index contributed by atoms with van der Waals surface area (Å²) in [4.78, 5) is 25.7. The van der Waals surface area contributed by atoms with Gasteiger partial charge in [0.2, 0.25) is 0 Å². The Balaban J connectivity index is 1.89. The third-order valence-corrected chi connectivity index (χ3v) is 6.78. The van der Waals surface area contributed by atoms with E-state index >= 15 is 0 Å². The number of hydrogen-bond donors (Lipinski definition) is 2. The molecule has 1 heterocycles. The van der Waals surface area contributed by atoms with Gasteiger partial charge in [-0.1, -0.05) is 6.42 Å². The fourth-order valence-electron chi connectivity index (χ4n) is 3.12. The molecule has 1 aliphatic carbocycles. The van der Waals surface area contributed by atoms with E-state index in [1.54, 1.807) is 0 Å². The molecule has 2 aromatic rings. The lowest BCUT2D eigenvalue weighted by Gasteiger charge is -2.07. The predicted octanol–water partition coefficient (Wildman–Crippen LogP) is 2.77. The highest BCUT2D eigenvalue weighted by Crippen LogP contribution is 2.37. The number of thiophene rings is 1. The quantitative estimate of drug-likeness (QED) is 0.780. The summed E-state index contributed by atoms with van der Waals surface area (Å²) in [6, 6.07) is 5.69. The first-order chi connectivity index (χ1) is 12.3. The topological polar surface area (TPSA) is 106 Å². The molecule has 0 bridgehead atoms. The van der Waals surface area contributed by atoms with Crippen LogP contribution in [0, 0.1) is 0 Å². The molecule has 1 aliphatic rings. The SMILES string of the molecule is CS(=O)(=O)c1ccc(C(=O)Nc2sc3c(c2C(N)=O)CCCCC3)cc1. The Morgan fingerprint density at radius 1 is 1.08 bits per heavy atom. The number of carbonyl (C=O) groups is 2. The third-order valence-electron chi connectivity index (χ3n) is 4.44. The van der Waals surface area contributed by atoms with Crippen LogP contribution in [0.3, 0.4) is 0 Å². The molecule has 0 spiro atoms. The van der Waals surface area contributed by atoms with Crippen molar-refractivity contribution >= 4 is 38.0 Å². The molecule has 3 rings (SSSR count). The molecule has 2 amide bonds. The van der Waals surface area contributed by atoms with E-state index in [0.717, 1.165) is 48.8 Å². The van der Waals surface area contributed by atoms with E-state index in [2.05, 4.69) is 5.32 Å². The normalized spacial score (nSPS) is 14.3. The van der Waals surface area contributed by atoms with Gasteiger partial charge < -0.3 is 11.1 Å². The van der Waals surface area contributed by atoms with Crippen LogP contribution in [-0.4, -0.2) is 26.5 Å². The molecule has 0 aliphatic heterocycles. The molecule has 1 aromatic carbocycles. The van der Waals surface area contributed by atoms with Crippen LogP contribution in [0.25, 0.3) is 0 Å². The smallest absolute Gasteiger partial charge is 0.256 e. The lowest BCUT2D eigenvalue weighted by molar-refractivity contribution is 0.100. The summed E-state index contributed by atoms with van der Waals surface area (Å²) < 4.78 is 23.0. The minimum Gasteiger partial charge on any atom is -0.365 e. The van der Waals surface area contributed by atoms with Crippen LogP contribution >= 0.6 is 11.3 Å². The summed E-state index contributed by atoms with van der Waals surface area (Å²) >= 11 is 1.41. The zero-order chi connectivity index (χ0) is 18.9. The number of rotatable bonds is 4. The summed E-state index contributed by atoms with van der Waals surface area (Å²) in [6.45, 7) is 0. The van der Waals surface area contributed by atoms with Gasteiger partial charge >= 0.3 is 0 Å². The number of aryl methyl sites for hydroxylation is 1. The Morgan fingerprint density at radius 3 is 2.35 bits per heavy atom. The van der Waals surface area contributed by atoms with Crippen molar-refractivity contribution in [3.05, 3.63) is 45.8 Å². The standard InChI is InChI=1S/C18H20N2O4S2/c1-26(23,24)12-9-7-11(8-10-12)17(22)20-18-15(16(19)21)13-5-3-2-4-6-14(13)25-18/h7-10H,2-6H2,1H3,(H2,19,21)(H,20,22). The van der Waals surface area contributed by atoms with Crippen LogP contribution < -0.4 is 11.1 Å². The summed E-state index contributed by atoms with van der Waals surface area (Å²) in [5.41, 5.74) is 7.25. The Kier molecular flexibility index (Phi) is 5.15. The van der Waals surface area contributed by atoms with Crippen LogP contribution in [0.5, 0.6) is 0 Å². The number of fused-ring (bicyclic) bond motifs is 1. The fourth-order valence-corrected chi connectivity index (χ4v) is 5.04. The third kappa shape index (κ3) is 3.81. The Bertz CT molecular complexity index is 960. The lowest BCUT2D eigenvalue weighted by atomic mass is 10.1. The average molecular weight is 393 g/mol. The minimum atomic E-state index is -3.32. The molecule has 0 fully saturated rings. The number of primary amides is 1. The van der Waals surface area contributed by atoms with Crippen LogP contribution in [0.2, 0.25) is 0 Å². The van der Waals surface area contributed by atoms with Gasteiger partial charge in [0.05, 0.1) is 10.5 Å². The van der Waals surface area contributed by atoms with Gasteiger partial charge in [0.25, 0.3) is 11.8 Å². The van der Waals surface area contributed by atoms with Gasteiger partial charge in [-0.25, -0.2) is 8.42 Å². The first-order valence-electron chi connectivity index (χ1n) is 8.33. The molecule has 8 heteroatoms. The summed E-state index contributed by atoms with van der Waals surface area (Å²) in [6.07, 6.45) is 5.98. The monoisotopic (exact) mass is 392 g/mol. The van der Waals surface area contributed by atoms with Crippen LogP contribution in [0.4, 0.5) is 5.00 Å². The number of sulfone groups is 1. The zero-order valence-corrected chi connectivity index (χ0v) is 16.0. The summed E-state index contributed by atoms with van der Waals surface area (Å²) in [5, 5.41) is 3.25. The van der Waals surface area contributed by atoms with Gasteiger partial charge in [0.1, 0.15) is 5.00 Å². The summed E-state index contributed by atoms with van der Waals surface area (Å²) in [5.74, 6) is -0.934. The molecular formula is C18H20N2O4S2. The Hall–Kier alpha value is -2.19. The van der Waals surface area contributed by atoms with E-state index in [1.807, 2.05) is 0 Å². The number of nitrogens with two attached hydrogens (primary N) is 1. The van der Waals surface area contributed by atoms with Crippen molar-refractivity contribution < 1.29 is 18.0 Å². The molecule has 26 heavy (non-hydrogen) atoms. The highest BCUT2D eigenvalue weighted by molar-refractivity contribution is 7.90. The van der Waals surface area contributed by atoms with Crippen LogP contribution in [0.1, 0.15) is 50.4 Å². The van der Waals surface area contributed by atoms with E-state index in [-0.39, 0.29) is 4.90 Å². The highest BCUT2D eigenvalue weighted by Gasteiger charge is 2.24. The molecule has 138 valence electrons. The van der Waals surface area contributed by atoms with Crippen molar-refractivity contribution in [1.82, 2.24) is 0 Å². The van der Waals surface area contributed by atoms with Crippen molar-refractivity contribution in [3.63, 3.8) is 0 Å². The van der Waals surface area contributed by atoms with Gasteiger partial charge in [-0.2, -0.15) is 0 Å². The highest BCUT2D eigenvalue weighted by atomic mass is 32.2. The Morgan fingerprint density at radius 2 is 1.73 bits per heavy atom. The Labute approximate surface area is 156 Å². The summed E-state index contributed by atoms with van der Waals surface area (Å²) in [7, 11) is -3.32. The zero-order valence-electron chi connectivity index (χ0n) is 14.4. The largest absolute Gasteiger partial charge is 0.365 e. The van der Waals surface area contributed by atoms with E-state index in [1.165, 1.54) is 35.6 Å². The number of amides is 2.